The molecular weight excluding hydrogens is 528 g/mol. The van der Waals surface area contributed by atoms with E-state index in [0.29, 0.717) is 6.54 Å². The number of pyridine rings is 2. The van der Waals surface area contributed by atoms with Crippen molar-refractivity contribution in [2.24, 2.45) is 5.92 Å². The predicted octanol–water partition coefficient (Wildman–Crippen LogP) is 4.53. The van der Waals surface area contributed by atoms with Crippen LogP contribution in [0.15, 0.2) is 47.5 Å². The first kappa shape index (κ1) is 28.2. The molecule has 1 aliphatic heterocycles. The zero-order chi connectivity index (χ0) is 28.7. The number of anilines is 2. The summed E-state index contributed by atoms with van der Waals surface area (Å²) in [5.74, 6) is -2.77. The standard InChI is InChI=1S/C27H31F2N5O4S/c1-15(2)38-24-19(28)11-17(12-20(24)29)21-10-9-18(25(31-21)34-14-16(3)13-27(34,4)5)26(35)33-39(36,37)23-8-6-7-22(30)32-23/h6-12,15-16H,13-14H2,1-5H3,(H2,30,32)(H,33,35)/t16-/m0/s1. The minimum absolute atomic E-state index is 0.0193. The molecule has 0 bridgehead atoms. The minimum Gasteiger partial charge on any atom is -0.485 e. The lowest BCUT2D eigenvalue weighted by atomic mass is 9.97. The molecule has 3 heterocycles. The highest BCUT2D eigenvalue weighted by Gasteiger charge is 2.39. The van der Waals surface area contributed by atoms with Crippen LogP contribution >= 0.6 is 0 Å². The van der Waals surface area contributed by atoms with Crippen molar-refractivity contribution in [2.75, 3.05) is 17.2 Å². The Labute approximate surface area is 226 Å². The van der Waals surface area contributed by atoms with Gasteiger partial charge in [0.2, 0.25) is 0 Å². The van der Waals surface area contributed by atoms with Crippen molar-refractivity contribution >= 4 is 27.6 Å². The van der Waals surface area contributed by atoms with Crippen LogP contribution in [0.25, 0.3) is 11.3 Å². The van der Waals surface area contributed by atoms with E-state index in [0.717, 1.165) is 18.6 Å². The molecule has 0 unspecified atom stereocenters. The van der Waals surface area contributed by atoms with Gasteiger partial charge < -0.3 is 15.4 Å². The van der Waals surface area contributed by atoms with E-state index < -0.39 is 50.0 Å². The number of hydrogen-bond acceptors (Lipinski definition) is 8. The highest BCUT2D eigenvalue weighted by Crippen LogP contribution is 2.39. The van der Waals surface area contributed by atoms with E-state index in [9.17, 15) is 22.0 Å². The van der Waals surface area contributed by atoms with Crippen molar-refractivity contribution in [3.05, 3.63) is 59.7 Å². The normalized spacial score (nSPS) is 16.9. The minimum atomic E-state index is -4.35. The summed E-state index contributed by atoms with van der Waals surface area (Å²) >= 11 is 0. The Bertz CT molecular complexity index is 1510. The SMILES string of the molecule is CC(C)Oc1c(F)cc(-c2ccc(C(=O)NS(=O)(=O)c3cccc(N)n3)c(N3C[C@@H](C)CC3(C)C)n2)cc1F. The predicted molar refractivity (Wildman–Crippen MR) is 144 cm³/mol. The molecule has 1 aliphatic rings. The summed E-state index contributed by atoms with van der Waals surface area (Å²) in [6.07, 6.45) is 0.358. The summed E-state index contributed by atoms with van der Waals surface area (Å²) < 4.78 is 62.6. The van der Waals surface area contributed by atoms with Gasteiger partial charge in [-0.25, -0.2) is 23.5 Å². The summed E-state index contributed by atoms with van der Waals surface area (Å²) in [7, 11) is -4.35. The number of aromatic nitrogens is 2. The third-order valence-electron chi connectivity index (χ3n) is 6.34. The number of nitrogen functional groups attached to an aromatic ring is 1. The van der Waals surface area contributed by atoms with Crippen LogP contribution < -0.4 is 20.1 Å². The Morgan fingerprint density at radius 3 is 2.38 bits per heavy atom. The molecule has 3 N–H and O–H groups in total. The van der Waals surface area contributed by atoms with Gasteiger partial charge in [0.15, 0.2) is 22.4 Å². The highest BCUT2D eigenvalue weighted by molar-refractivity contribution is 7.90. The Hall–Kier alpha value is -3.80. The van der Waals surface area contributed by atoms with Crippen LogP contribution in [-0.4, -0.2) is 42.5 Å². The second-order valence-corrected chi connectivity index (χ2v) is 12.2. The van der Waals surface area contributed by atoms with Crippen molar-refractivity contribution in [1.82, 2.24) is 14.7 Å². The Morgan fingerprint density at radius 1 is 1.15 bits per heavy atom. The van der Waals surface area contributed by atoms with Crippen molar-refractivity contribution in [3.8, 4) is 17.0 Å². The number of carbonyl (C=O) groups is 1. The van der Waals surface area contributed by atoms with Crippen LogP contribution in [0.4, 0.5) is 20.4 Å². The van der Waals surface area contributed by atoms with Crippen LogP contribution in [0.1, 0.15) is 51.4 Å². The van der Waals surface area contributed by atoms with Gasteiger partial charge in [-0.2, -0.15) is 8.42 Å². The molecule has 12 heteroatoms. The molecule has 0 aliphatic carbocycles. The number of amides is 1. The molecule has 1 fully saturated rings. The van der Waals surface area contributed by atoms with Crippen LogP contribution in [0, 0.1) is 17.6 Å². The number of sulfonamides is 1. The Kier molecular flexibility index (Phi) is 7.53. The van der Waals surface area contributed by atoms with Gasteiger partial charge >= 0.3 is 0 Å². The maximum atomic E-state index is 14.8. The number of carbonyl (C=O) groups excluding carboxylic acids is 1. The molecule has 1 amide bonds. The van der Waals surface area contributed by atoms with Crippen LogP contribution in [-0.2, 0) is 10.0 Å². The highest BCUT2D eigenvalue weighted by atomic mass is 32.2. The molecule has 3 aromatic rings. The number of halogens is 2. The first-order chi connectivity index (χ1) is 18.2. The van der Waals surface area contributed by atoms with Gasteiger partial charge in [0.05, 0.1) is 17.4 Å². The van der Waals surface area contributed by atoms with Gasteiger partial charge in [-0.3, -0.25) is 4.79 Å². The topological polar surface area (TPSA) is 128 Å². The lowest BCUT2D eigenvalue weighted by Gasteiger charge is -2.34. The average Bonchev–Trinajstić information content (AvgIpc) is 3.12. The molecule has 1 saturated heterocycles. The maximum Gasteiger partial charge on any atom is 0.281 e. The summed E-state index contributed by atoms with van der Waals surface area (Å²) in [5.41, 5.74) is 5.49. The van der Waals surface area contributed by atoms with E-state index in [1.165, 1.54) is 30.3 Å². The third kappa shape index (κ3) is 5.95. The van der Waals surface area contributed by atoms with Crippen molar-refractivity contribution < 1.29 is 26.7 Å². The van der Waals surface area contributed by atoms with E-state index in [2.05, 4.69) is 16.9 Å². The number of benzene rings is 1. The van der Waals surface area contributed by atoms with Gasteiger partial charge in [0.1, 0.15) is 11.6 Å². The Morgan fingerprint density at radius 2 is 1.82 bits per heavy atom. The van der Waals surface area contributed by atoms with Crippen LogP contribution in [0.5, 0.6) is 5.75 Å². The number of nitrogens with zero attached hydrogens (tertiary/aromatic N) is 3. The van der Waals surface area contributed by atoms with Crippen LogP contribution in [0.2, 0.25) is 0 Å². The number of nitrogens with two attached hydrogens (primary N) is 1. The zero-order valence-corrected chi connectivity index (χ0v) is 23.1. The third-order valence-corrected chi connectivity index (χ3v) is 7.58. The molecule has 0 saturated carbocycles. The van der Waals surface area contributed by atoms with Gasteiger partial charge in [-0.1, -0.05) is 13.0 Å². The zero-order valence-electron chi connectivity index (χ0n) is 22.3. The molecule has 2 aromatic heterocycles. The Balaban J connectivity index is 1.79. The van der Waals surface area contributed by atoms with Crippen molar-refractivity contribution in [3.63, 3.8) is 0 Å². The van der Waals surface area contributed by atoms with Crippen molar-refractivity contribution in [2.45, 2.75) is 57.7 Å². The lowest BCUT2D eigenvalue weighted by Crippen LogP contribution is -2.41. The molecule has 0 radical (unpaired) electrons. The molecule has 39 heavy (non-hydrogen) atoms. The second kappa shape index (κ2) is 10.4. The summed E-state index contributed by atoms with van der Waals surface area (Å²) in [6.45, 7) is 9.88. The molecule has 208 valence electrons. The largest absolute Gasteiger partial charge is 0.485 e. The second-order valence-electron chi connectivity index (χ2n) is 10.6. The van der Waals surface area contributed by atoms with Gasteiger partial charge in [-0.15, -0.1) is 0 Å². The van der Waals surface area contributed by atoms with E-state index >= 15 is 0 Å². The summed E-state index contributed by atoms with van der Waals surface area (Å²) in [5, 5.41) is -0.410. The van der Waals surface area contributed by atoms with Gasteiger partial charge in [0.25, 0.3) is 15.9 Å². The van der Waals surface area contributed by atoms with Gasteiger partial charge in [0, 0.05) is 17.6 Å². The number of ether oxygens (including phenoxy) is 1. The smallest absolute Gasteiger partial charge is 0.281 e. The monoisotopic (exact) mass is 559 g/mol. The molecular formula is C27H31F2N5O4S. The number of nitrogens with one attached hydrogen (secondary N) is 1. The first-order valence-electron chi connectivity index (χ1n) is 12.4. The number of hydrogen-bond donors (Lipinski definition) is 2. The molecule has 1 aromatic carbocycles. The van der Waals surface area contributed by atoms with E-state index in [1.807, 2.05) is 23.5 Å². The molecule has 4 rings (SSSR count). The summed E-state index contributed by atoms with van der Waals surface area (Å²) in [6, 6.07) is 9.07. The van der Waals surface area contributed by atoms with Crippen LogP contribution in [0.3, 0.4) is 0 Å². The maximum absolute atomic E-state index is 14.8. The van der Waals surface area contributed by atoms with Crippen molar-refractivity contribution in [1.29, 1.82) is 0 Å². The van der Waals surface area contributed by atoms with E-state index in [-0.39, 0.29) is 34.4 Å². The van der Waals surface area contributed by atoms with E-state index in [4.69, 9.17) is 10.5 Å². The fourth-order valence-electron chi connectivity index (χ4n) is 4.82. The average molecular weight is 560 g/mol. The summed E-state index contributed by atoms with van der Waals surface area (Å²) in [4.78, 5) is 23.7. The van der Waals surface area contributed by atoms with E-state index in [1.54, 1.807) is 13.8 Å². The first-order valence-corrected chi connectivity index (χ1v) is 13.9. The fourth-order valence-corrected chi connectivity index (χ4v) is 5.76. The molecule has 0 spiro atoms. The quantitative estimate of drug-likeness (QED) is 0.432. The molecule has 1 atom stereocenters. The fraction of sp³-hybridized carbons (Fsp3) is 0.370. The molecule has 9 nitrogen and oxygen atoms in total. The van der Waals surface area contributed by atoms with Gasteiger partial charge in [-0.05, 0) is 76.4 Å². The number of rotatable bonds is 7. The lowest BCUT2D eigenvalue weighted by molar-refractivity contribution is 0.0981.